The first-order valence-electron chi connectivity index (χ1n) is 4.17. The molecule has 0 amide bonds. The molecule has 0 spiro atoms. The second-order valence-electron chi connectivity index (χ2n) is 2.92. The van der Waals surface area contributed by atoms with Gasteiger partial charge in [0.2, 0.25) is 0 Å². The van der Waals surface area contributed by atoms with E-state index in [0.29, 0.717) is 5.56 Å². The maximum atomic E-state index is 11.3. The van der Waals surface area contributed by atoms with Crippen molar-refractivity contribution in [3.05, 3.63) is 42.5 Å². The summed E-state index contributed by atoms with van der Waals surface area (Å²) in [5.74, 6) is -0.146. The summed E-state index contributed by atoms with van der Waals surface area (Å²) in [5.41, 5.74) is 0.391. The fraction of sp³-hybridized carbons (Fsp3) is 0.100. The van der Waals surface area contributed by atoms with Crippen molar-refractivity contribution in [3.63, 3.8) is 0 Å². The van der Waals surface area contributed by atoms with Gasteiger partial charge in [-0.2, -0.15) is 8.42 Å². The van der Waals surface area contributed by atoms with Crippen molar-refractivity contribution in [1.29, 1.82) is 0 Å². The van der Waals surface area contributed by atoms with Crippen molar-refractivity contribution >= 4 is 15.9 Å². The first-order chi connectivity index (χ1) is 6.95. The van der Waals surface area contributed by atoms with Gasteiger partial charge in [0.25, 0.3) is 10.1 Å². The molecule has 0 aliphatic rings. The summed E-state index contributed by atoms with van der Waals surface area (Å²) in [5, 5.41) is 0. The minimum absolute atomic E-state index is 0.146. The molecule has 0 unspecified atom stereocenters. The van der Waals surface area contributed by atoms with E-state index in [0.717, 1.165) is 0 Å². The minimum atomic E-state index is -4.19. The van der Waals surface area contributed by atoms with Gasteiger partial charge >= 0.3 is 0 Å². The Bertz CT molecular complexity index is 471. The van der Waals surface area contributed by atoms with Crippen molar-refractivity contribution < 1.29 is 17.8 Å². The van der Waals surface area contributed by atoms with Crippen LogP contribution in [0.25, 0.3) is 0 Å². The van der Waals surface area contributed by atoms with Crippen LogP contribution >= 0.6 is 0 Å². The Kier molecular flexibility index (Phi) is 3.39. The van der Waals surface area contributed by atoms with Gasteiger partial charge in [0.15, 0.2) is 5.78 Å². The van der Waals surface area contributed by atoms with E-state index in [9.17, 15) is 13.2 Å². The third-order valence-electron chi connectivity index (χ3n) is 1.80. The van der Waals surface area contributed by atoms with E-state index >= 15 is 0 Å². The summed E-state index contributed by atoms with van der Waals surface area (Å²) in [6.07, 6.45) is 1.67. The smallest absolute Gasteiger partial charge is 0.294 e. The van der Waals surface area contributed by atoms with Crippen molar-refractivity contribution in [2.24, 2.45) is 0 Å². The highest BCUT2D eigenvalue weighted by atomic mass is 32.2. The standard InChI is InChI=1S/C10H10O4S/c1-2-3-10(11)8-4-6-9(7-5-8)15(12,13)14/h2,4-7H,1,3H2,(H,12,13,14). The van der Waals surface area contributed by atoms with Crippen LogP contribution in [0.5, 0.6) is 0 Å². The maximum Gasteiger partial charge on any atom is 0.294 e. The normalized spacial score (nSPS) is 11.0. The van der Waals surface area contributed by atoms with E-state index in [1.807, 2.05) is 0 Å². The molecule has 0 fully saturated rings. The molecule has 1 aromatic carbocycles. The number of Topliss-reactive ketones (excluding diaryl/α,β-unsaturated/α-hetero) is 1. The Morgan fingerprint density at radius 3 is 2.27 bits per heavy atom. The number of carbonyl (C=O) groups excluding carboxylic acids is 1. The number of benzene rings is 1. The summed E-state index contributed by atoms with van der Waals surface area (Å²) in [7, 11) is -4.19. The molecule has 15 heavy (non-hydrogen) atoms. The van der Waals surface area contributed by atoms with Crippen LogP contribution in [0.15, 0.2) is 41.8 Å². The average Bonchev–Trinajstić information content (AvgIpc) is 2.17. The number of allylic oxidation sites excluding steroid dienone is 1. The van der Waals surface area contributed by atoms with Crippen molar-refractivity contribution in [2.75, 3.05) is 0 Å². The zero-order valence-electron chi connectivity index (χ0n) is 7.88. The molecule has 0 aliphatic heterocycles. The Morgan fingerprint density at radius 1 is 1.33 bits per heavy atom. The first kappa shape index (κ1) is 11.6. The summed E-state index contributed by atoms with van der Waals surface area (Å²) >= 11 is 0. The Labute approximate surface area is 88.0 Å². The zero-order chi connectivity index (χ0) is 11.5. The third kappa shape index (κ3) is 3.00. The van der Waals surface area contributed by atoms with Crippen LogP contribution in [-0.4, -0.2) is 18.8 Å². The van der Waals surface area contributed by atoms with Crippen LogP contribution in [0.3, 0.4) is 0 Å². The van der Waals surface area contributed by atoms with Crippen LogP contribution in [0.2, 0.25) is 0 Å². The molecule has 5 heteroatoms. The Balaban J connectivity index is 3.00. The topological polar surface area (TPSA) is 71.4 Å². The van der Waals surface area contributed by atoms with Crippen molar-refractivity contribution in [2.45, 2.75) is 11.3 Å². The lowest BCUT2D eigenvalue weighted by Gasteiger charge is -1.99. The summed E-state index contributed by atoms with van der Waals surface area (Å²) < 4.78 is 30.1. The van der Waals surface area contributed by atoms with Gasteiger partial charge in [0.1, 0.15) is 0 Å². The highest BCUT2D eigenvalue weighted by Gasteiger charge is 2.10. The highest BCUT2D eigenvalue weighted by Crippen LogP contribution is 2.11. The van der Waals surface area contributed by atoms with E-state index in [2.05, 4.69) is 6.58 Å². The van der Waals surface area contributed by atoms with E-state index in [1.54, 1.807) is 0 Å². The molecule has 4 nitrogen and oxygen atoms in total. The molecule has 0 radical (unpaired) electrons. The van der Waals surface area contributed by atoms with Crippen LogP contribution < -0.4 is 0 Å². The predicted octanol–water partition coefficient (Wildman–Crippen LogP) is 1.69. The number of ketones is 1. The molecule has 0 saturated carbocycles. The predicted molar refractivity (Wildman–Crippen MR) is 55.4 cm³/mol. The molecule has 0 atom stereocenters. The molecule has 0 aromatic heterocycles. The van der Waals surface area contributed by atoms with Gasteiger partial charge in [-0.3, -0.25) is 9.35 Å². The lowest BCUT2D eigenvalue weighted by molar-refractivity contribution is 0.0996. The molecule has 80 valence electrons. The highest BCUT2D eigenvalue weighted by molar-refractivity contribution is 7.85. The number of carbonyl (C=O) groups is 1. The second-order valence-corrected chi connectivity index (χ2v) is 4.34. The van der Waals surface area contributed by atoms with E-state index in [4.69, 9.17) is 4.55 Å². The Morgan fingerprint density at radius 2 is 1.87 bits per heavy atom. The van der Waals surface area contributed by atoms with Gasteiger partial charge in [0.05, 0.1) is 4.90 Å². The molecular weight excluding hydrogens is 216 g/mol. The molecular formula is C10H10O4S. The maximum absolute atomic E-state index is 11.3. The van der Waals surface area contributed by atoms with E-state index in [-0.39, 0.29) is 17.1 Å². The van der Waals surface area contributed by atoms with Crippen molar-refractivity contribution in [3.8, 4) is 0 Å². The van der Waals surface area contributed by atoms with E-state index < -0.39 is 10.1 Å². The average molecular weight is 226 g/mol. The number of hydrogen-bond donors (Lipinski definition) is 1. The van der Waals surface area contributed by atoms with Crippen LogP contribution in [0.4, 0.5) is 0 Å². The van der Waals surface area contributed by atoms with Gasteiger partial charge < -0.3 is 0 Å². The molecule has 1 aromatic rings. The summed E-state index contributed by atoms with van der Waals surface area (Å²) in [6, 6.07) is 5.08. The first-order valence-corrected chi connectivity index (χ1v) is 5.61. The molecule has 0 bridgehead atoms. The number of rotatable bonds is 4. The minimum Gasteiger partial charge on any atom is -0.294 e. The monoisotopic (exact) mass is 226 g/mol. The largest absolute Gasteiger partial charge is 0.294 e. The lowest BCUT2D eigenvalue weighted by atomic mass is 10.1. The molecule has 0 aliphatic carbocycles. The number of hydrogen-bond acceptors (Lipinski definition) is 3. The summed E-state index contributed by atoms with van der Waals surface area (Å²) in [4.78, 5) is 11.1. The third-order valence-corrected chi connectivity index (χ3v) is 2.67. The van der Waals surface area contributed by atoms with Gasteiger partial charge in [-0.15, -0.1) is 6.58 Å². The fourth-order valence-corrected chi connectivity index (χ4v) is 1.54. The molecule has 0 saturated heterocycles. The Hall–Kier alpha value is -1.46. The van der Waals surface area contributed by atoms with Gasteiger partial charge in [-0.1, -0.05) is 18.2 Å². The SMILES string of the molecule is C=CCC(=O)c1ccc(S(=O)(=O)O)cc1. The van der Waals surface area contributed by atoms with Crippen LogP contribution in [0, 0.1) is 0 Å². The van der Waals surface area contributed by atoms with Crippen LogP contribution in [-0.2, 0) is 10.1 Å². The van der Waals surface area contributed by atoms with Gasteiger partial charge in [0, 0.05) is 12.0 Å². The second kappa shape index (κ2) is 4.37. The molecule has 1 N–H and O–H groups in total. The summed E-state index contributed by atoms with van der Waals surface area (Å²) in [6.45, 7) is 3.43. The van der Waals surface area contributed by atoms with Gasteiger partial charge in [-0.25, -0.2) is 0 Å². The fourth-order valence-electron chi connectivity index (χ4n) is 1.06. The van der Waals surface area contributed by atoms with Gasteiger partial charge in [-0.05, 0) is 12.1 Å². The van der Waals surface area contributed by atoms with E-state index in [1.165, 1.54) is 30.3 Å². The molecule has 1 rings (SSSR count). The zero-order valence-corrected chi connectivity index (χ0v) is 8.70. The quantitative estimate of drug-likeness (QED) is 0.482. The lowest BCUT2D eigenvalue weighted by Crippen LogP contribution is -2.00. The van der Waals surface area contributed by atoms with Crippen LogP contribution in [0.1, 0.15) is 16.8 Å². The van der Waals surface area contributed by atoms with Crippen molar-refractivity contribution in [1.82, 2.24) is 0 Å². The molecule has 0 heterocycles.